The Kier molecular flexibility index (Phi) is 6.63. The molecular weight excluding hydrogens is 360 g/mol. The van der Waals surface area contributed by atoms with Crippen molar-refractivity contribution >= 4 is 31.9 Å². The molecule has 8 heteroatoms. The monoisotopic (exact) mass is 378 g/mol. The Morgan fingerprint density at radius 3 is 2.62 bits per heavy atom. The molecule has 0 saturated carbocycles. The van der Waals surface area contributed by atoms with Gasteiger partial charge < -0.3 is 10.1 Å². The van der Waals surface area contributed by atoms with Crippen molar-refractivity contribution in [2.24, 2.45) is 11.1 Å². The average molecular weight is 379 g/mol. The summed E-state index contributed by atoms with van der Waals surface area (Å²) in [5.74, 6) is 0.672. The molecule has 1 aromatic rings. The Hall–Kier alpha value is -1.12. The number of benzene rings is 1. The molecule has 0 aromatic heterocycles. The van der Waals surface area contributed by atoms with Gasteiger partial charge in [-0.3, -0.25) is 4.79 Å². The molecule has 118 valence electrons. The third-order valence-electron chi connectivity index (χ3n) is 2.63. The largest absolute Gasteiger partial charge is 0.483 e. The van der Waals surface area contributed by atoms with Crippen molar-refractivity contribution in [2.45, 2.75) is 25.2 Å². The lowest BCUT2D eigenvalue weighted by atomic mass is 10.1. The van der Waals surface area contributed by atoms with Crippen LogP contribution in [-0.2, 0) is 14.8 Å². The first-order valence-electron chi connectivity index (χ1n) is 6.42. The summed E-state index contributed by atoms with van der Waals surface area (Å²) in [5, 5.41) is 7.77. The van der Waals surface area contributed by atoms with Crippen LogP contribution in [0, 0.1) is 5.92 Å². The molecular formula is C13H19BrN2O4S. The number of carbonyl (C=O) groups excluding carboxylic acids is 1. The first-order valence-corrected chi connectivity index (χ1v) is 8.76. The Bertz CT molecular complexity index is 602. The molecule has 6 nitrogen and oxygen atoms in total. The summed E-state index contributed by atoms with van der Waals surface area (Å²) in [6, 6.07) is 4.11. The van der Waals surface area contributed by atoms with Gasteiger partial charge in [-0.2, -0.15) is 0 Å². The van der Waals surface area contributed by atoms with Crippen LogP contribution in [0.1, 0.15) is 20.3 Å². The summed E-state index contributed by atoms with van der Waals surface area (Å²) < 4.78 is 28.1. The average Bonchev–Trinajstić information content (AvgIpc) is 2.35. The van der Waals surface area contributed by atoms with Crippen molar-refractivity contribution in [3.8, 4) is 5.75 Å². The van der Waals surface area contributed by atoms with Crippen molar-refractivity contribution in [2.75, 3.05) is 13.2 Å². The van der Waals surface area contributed by atoms with Gasteiger partial charge in [-0.1, -0.05) is 13.8 Å². The number of primary sulfonamides is 1. The lowest BCUT2D eigenvalue weighted by Gasteiger charge is -2.10. The topological polar surface area (TPSA) is 98.5 Å². The first kappa shape index (κ1) is 17.9. The molecule has 0 bridgehead atoms. The predicted octanol–water partition coefficient (Wildman–Crippen LogP) is 1.64. The number of hydrogen-bond donors (Lipinski definition) is 2. The van der Waals surface area contributed by atoms with E-state index in [4.69, 9.17) is 9.88 Å². The molecule has 0 aliphatic rings. The third kappa shape index (κ3) is 6.45. The van der Waals surface area contributed by atoms with Gasteiger partial charge >= 0.3 is 0 Å². The molecule has 0 aliphatic heterocycles. The smallest absolute Gasteiger partial charge is 0.257 e. The fourth-order valence-electron chi connectivity index (χ4n) is 1.47. The standard InChI is InChI=1S/C13H19BrN2O4S/c1-9(2)5-6-16-13(17)8-20-12-4-3-10(7-11(12)14)21(15,18)19/h3-4,7,9H,5-6,8H2,1-2H3,(H,16,17)(H2,15,18,19). The third-order valence-corrected chi connectivity index (χ3v) is 4.17. The van der Waals surface area contributed by atoms with E-state index in [1.54, 1.807) is 0 Å². The van der Waals surface area contributed by atoms with Crippen LogP contribution in [-0.4, -0.2) is 27.5 Å². The van der Waals surface area contributed by atoms with Gasteiger partial charge in [0.2, 0.25) is 10.0 Å². The first-order chi connectivity index (χ1) is 9.70. The minimum Gasteiger partial charge on any atom is -0.483 e. The SMILES string of the molecule is CC(C)CCNC(=O)COc1ccc(S(N)(=O)=O)cc1Br. The highest BCUT2D eigenvalue weighted by molar-refractivity contribution is 9.10. The quantitative estimate of drug-likeness (QED) is 0.753. The predicted molar refractivity (Wildman–Crippen MR) is 83.5 cm³/mol. The van der Waals surface area contributed by atoms with Crippen LogP contribution in [0.3, 0.4) is 0 Å². The molecule has 3 N–H and O–H groups in total. The van der Waals surface area contributed by atoms with E-state index >= 15 is 0 Å². The van der Waals surface area contributed by atoms with Gasteiger partial charge in [0, 0.05) is 6.54 Å². The second kappa shape index (κ2) is 7.77. The number of sulfonamides is 1. The van der Waals surface area contributed by atoms with Gasteiger partial charge in [-0.05, 0) is 46.5 Å². The zero-order valence-electron chi connectivity index (χ0n) is 11.9. The maximum absolute atomic E-state index is 11.6. The minimum absolute atomic E-state index is 0.0249. The van der Waals surface area contributed by atoms with Gasteiger partial charge in [0.1, 0.15) is 5.75 Å². The molecule has 0 saturated heterocycles. The minimum atomic E-state index is -3.76. The van der Waals surface area contributed by atoms with Crippen molar-refractivity contribution in [1.82, 2.24) is 5.32 Å². The number of nitrogens with one attached hydrogen (secondary N) is 1. The molecule has 0 radical (unpaired) electrons. The summed E-state index contributed by atoms with van der Waals surface area (Å²) in [6.45, 7) is 4.62. The molecule has 0 spiro atoms. The zero-order chi connectivity index (χ0) is 16.0. The Labute approximate surface area is 133 Å². The van der Waals surface area contributed by atoms with E-state index in [-0.39, 0.29) is 17.4 Å². The van der Waals surface area contributed by atoms with Crippen LogP contribution in [0.2, 0.25) is 0 Å². The van der Waals surface area contributed by atoms with Crippen LogP contribution < -0.4 is 15.2 Å². The molecule has 0 unspecified atom stereocenters. The molecule has 0 aliphatic carbocycles. The van der Waals surface area contributed by atoms with Gasteiger partial charge in [0.05, 0.1) is 9.37 Å². The maximum Gasteiger partial charge on any atom is 0.257 e. The van der Waals surface area contributed by atoms with Crippen molar-refractivity contribution in [3.63, 3.8) is 0 Å². The van der Waals surface area contributed by atoms with Crippen molar-refractivity contribution in [3.05, 3.63) is 22.7 Å². The molecule has 1 amide bonds. The molecule has 0 heterocycles. The Morgan fingerprint density at radius 1 is 1.43 bits per heavy atom. The highest BCUT2D eigenvalue weighted by atomic mass is 79.9. The molecule has 0 fully saturated rings. The van der Waals surface area contributed by atoms with E-state index < -0.39 is 10.0 Å². The van der Waals surface area contributed by atoms with Crippen LogP contribution >= 0.6 is 15.9 Å². The van der Waals surface area contributed by atoms with E-state index in [9.17, 15) is 13.2 Å². The summed E-state index contributed by atoms with van der Waals surface area (Å²) >= 11 is 3.18. The van der Waals surface area contributed by atoms with E-state index in [1.165, 1.54) is 18.2 Å². The fraction of sp³-hybridized carbons (Fsp3) is 0.462. The van der Waals surface area contributed by atoms with Crippen molar-refractivity contribution in [1.29, 1.82) is 0 Å². The fourth-order valence-corrected chi connectivity index (χ4v) is 2.65. The van der Waals surface area contributed by atoms with Crippen LogP contribution in [0.15, 0.2) is 27.6 Å². The Morgan fingerprint density at radius 2 is 2.10 bits per heavy atom. The highest BCUT2D eigenvalue weighted by Gasteiger charge is 2.12. The number of nitrogens with two attached hydrogens (primary N) is 1. The van der Waals surface area contributed by atoms with Crippen molar-refractivity contribution < 1.29 is 17.9 Å². The molecule has 0 atom stereocenters. The number of rotatable bonds is 7. The lowest BCUT2D eigenvalue weighted by Crippen LogP contribution is -2.30. The molecule has 1 aromatic carbocycles. The second-order valence-electron chi connectivity index (χ2n) is 4.96. The number of carbonyl (C=O) groups is 1. The summed E-state index contributed by atoms with van der Waals surface area (Å²) in [5.41, 5.74) is 0. The van der Waals surface area contributed by atoms with E-state index in [1.807, 2.05) is 0 Å². The molecule has 21 heavy (non-hydrogen) atoms. The molecule has 1 rings (SSSR count). The Balaban J connectivity index is 2.54. The summed E-state index contributed by atoms with van der Waals surface area (Å²) in [7, 11) is -3.76. The van der Waals surface area contributed by atoms with Gasteiger partial charge in [-0.25, -0.2) is 13.6 Å². The second-order valence-corrected chi connectivity index (χ2v) is 7.37. The summed E-state index contributed by atoms with van der Waals surface area (Å²) in [4.78, 5) is 11.5. The normalized spacial score (nSPS) is 11.5. The van der Waals surface area contributed by atoms with Crippen LogP contribution in [0.5, 0.6) is 5.75 Å². The highest BCUT2D eigenvalue weighted by Crippen LogP contribution is 2.27. The van der Waals surface area contributed by atoms with Gasteiger partial charge in [0.25, 0.3) is 5.91 Å². The van der Waals surface area contributed by atoms with E-state index in [2.05, 4.69) is 35.1 Å². The number of ether oxygens (including phenoxy) is 1. The zero-order valence-corrected chi connectivity index (χ0v) is 14.3. The van der Waals surface area contributed by atoms with E-state index in [0.29, 0.717) is 22.7 Å². The van der Waals surface area contributed by atoms with E-state index in [0.717, 1.165) is 6.42 Å². The maximum atomic E-state index is 11.6. The van der Waals surface area contributed by atoms with Gasteiger partial charge in [-0.15, -0.1) is 0 Å². The van der Waals surface area contributed by atoms with Crippen LogP contribution in [0.4, 0.5) is 0 Å². The number of hydrogen-bond acceptors (Lipinski definition) is 4. The van der Waals surface area contributed by atoms with Gasteiger partial charge in [0.15, 0.2) is 6.61 Å². The summed E-state index contributed by atoms with van der Waals surface area (Å²) in [6.07, 6.45) is 0.901. The lowest BCUT2D eigenvalue weighted by molar-refractivity contribution is -0.123. The number of amides is 1. The number of halogens is 1. The van der Waals surface area contributed by atoms with Crippen LogP contribution in [0.25, 0.3) is 0 Å².